The summed E-state index contributed by atoms with van der Waals surface area (Å²) in [6.07, 6.45) is 0. The number of hydrogen-bond donors (Lipinski definition) is 1. The minimum absolute atomic E-state index is 0.125. The highest BCUT2D eigenvalue weighted by atomic mass is 79.9. The number of benzene rings is 1. The van der Waals surface area contributed by atoms with Crippen molar-refractivity contribution >= 4 is 27.3 Å². The zero-order valence-corrected chi connectivity index (χ0v) is 11.0. The molecule has 0 amide bonds. The highest BCUT2D eigenvalue weighted by molar-refractivity contribution is 9.10. The second-order valence-corrected chi connectivity index (χ2v) is 5.26. The van der Waals surface area contributed by atoms with Gasteiger partial charge < -0.3 is 5.73 Å². The maximum Gasteiger partial charge on any atom is 0.133 e. The van der Waals surface area contributed by atoms with E-state index in [1.165, 1.54) is 17.4 Å². The predicted molar refractivity (Wildman–Crippen MR) is 67.8 cm³/mol. The Morgan fingerprint density at radius 3 is 2.88 bits per heavy atom. The maximum atomic E-state index is 13.6. The molecule has 1 heterocycles. The molecule has 1 atom stereocenters. The lowest BCUT2D eigenvalue weighted by molar-refractivity contribution is 0.630. The van der Waals surface area contributed by atoms with Crippen molar-refractivity contribution in [3.8, 4) is 10.6 Å². The summed E-state index contributed by atoms with van der Waals surface area (Å²) < 4.78 is 14.4. The minimum atomic E-state index is -0.270. The third kappa shape index (κ3) is 2.31. The molecule has 1 unspecified atom stereocenters. The van der Waals surface area contributed by atoms with Crippen LogP contribution in [0.3, 0.4) is 0 Å². The molecule has 1 aromatic heterocycles. The molecule has 0 fully saturated rings. The van der Waals surface area contributed by atoms with Crippen LogP contribution in [0, 0.1) is 5.82 Å². The fourth-order valence-electron chi connectivity index (χ4n) is 1.28. The smallest absolute Gasteiger partial charge is 0.133 e. The Balaban J connectivity index is 2.46. The number of nitrogens with zero attached hydrogens (tertiary/aromatic N) is 1. The van der Waals surface area contributed by atoms with E-state index in [1.807, 2.05) is 12.3 Å². The first-order chi connectivity index (χ1) is 7.58. The van der Waals surface area contributed by atoms with E-state index in [2.05, 4.69) is 20.9 Å². The lowest BCUT2D eigenvalue weighted by Gasteiger charge is -2.00. The Kier molecular flexibility index (Phi) is 3.37. The van der Waals surface area contributed by atoms with Gasteiger partial charge in [-0.3, -0.25) is 0 Å². The lowest BCUT2D eigenvalue weighted by Crippen LogP contribution is -2.04. The van der Waals surface area contributed by atoms with Crippen molar-refractivity contribution in [1.29, 1.82) is 0 Å². The summed E-state index contributed by atoms with van der Waals surface area (Å²) in [6, 6.07) is 4.69. The van der Waals surface area contributed by atoms with Crippen LogP contribution in [-0.2, 0) is 0 Å². The van der Waals surface area contributed by atoms with Gasteiger partial charge in [0.15, 0.2) is 0 Å². The molecule has 2 nitrogen and oxygen atoms in total. The van der Waals surface area contributed by atoms with Crippen molar-refractivity contribution in [1.82, 2.24) is 4.98 Å². The molecule has 0 bridgehead atoms. The summed E-state index contributed by atoms with van der Waals surface area (Å²) in [4.78, 5) is 4.31. The number of aromatic nitrogens is 1. The standard InChI is InChI=1S/C11H10BrFN2S/c1-6(14)10-5-16-11(15-10)8-4-7(12)2-3-9(8)13/h2-6H,14H2,1H3. The van der Waals surface area contributed by atoms with Crippen LogP contribution in [0.5, 0.6) is 0 Å². The number of nitrogens with two attached hydrogens (primary N) is 1. The normalized spacial score (nSPS) is 12.8. The molecule has 2 N–H and O–H groups in total. The van der Waals surface area contributed by atoms with Crippen molar-refractivity contribution < 1.29 is 4.39 Å². The third-order valence-corrected chi connectivity index (χ3v) is 3.53. The van der Waals surface area contributed by atoms with Crippen LogP contribution in [0.2, 0.25) is 0 Å². The van der Waals surface area contributed by atoms with Gasteiger partial charge in [-0.2, -0.15) is 0 Å². The lowest BCUT2D eigenvalue weighted by atomic mass is 10.2. The average molecular weight is 301 g/mol. The third-order valence-electron chi connectivity index (χ3n) is 2.15. The molecule has 0 radical (unpaired) electrons. The summed E-state index contributed by atoms with van der Waals surface area (Å²) in [7, 11) is 0. The van der Waals surface area contributed by atoms with Crippen molar-refractivity contribution in [3.63, 3.8) is 0 Å². The maximum absolute atomic E-state index is 13.6. The molecule has 84 valence electrons. The van der Waals surface area contributed by atoms with Gasteiger partial charge in [-0.1, -0.05) is 15.9 Å². The molecule has 0 aliphatic heterocycles. The summed E-state index contributed by atoms with van der Waals surface area (Å²) in [5.74, 6) is -0.270. The Hall–Kier alpha value is -0.780. The molecule has 1 aromatic carbocycles. The van der Waals surface area contributed by atoms with E-state index in [9.17, 15) is 4.39 Å². The van der Waals surface area contributed by atoms with Crippen LogP contribution in [0.15, 0.2) is 28.1 Å². The Morgan fingerprint density at radius 1 is 1.50 bits per heavy atom. The minimum Gasteiger partial charge on any atom is -0.323 e. The Labute approximate surface area is 105 Å². The molecular weight excluding hydrogens is 291 g/mol. The van der Waals surface area contributed by atoms with Gasteiger partial charge in [0.25, 0.3) is 0 Å². The first-order valence-corrected chi connectivity index (χ1v) is 6.41. The molecule has 2 rings (SSSR count). The van der Waals surface area contributed by atoms with Gasteiger partial charge in [-0.25, -0.2) is 9.37 Å². The quantitative estimate of drug-likeness (QED) is 0.918. The van der Waals surface area contributed by atoms with Gasteiger partial charge in [0, 0.05) is 21.5 Å². The van der Waals surface area contributed by atoms with E-state index in [0.717, 1.165) is 10.2 Å². The molecular formula is C11H10BrFN2S. The first-order valence-electron chi connectivity index (χ1n) is 4.74. The zero-order valence-electron chi connectivity index (χ0n) is 8.58. The second kappa shape index (κ2) is 4.61. The topological polar surface area (TPSA) is 38.9 Å². The molecule has 2 aromatic rings. The van der Waals surface area contributed by atoms with Crippen LogP contribution in [0.25, 0.3) is 10.6 Å². The molecule has 0 aliphatic rings. The first kappa shape index (κ1) is 11.7. The molecule has 0 saturated heterocycles. The molecule has 5 heteroatoms. The van der Waals surface area contributed by atoms with Gasteiger partial charge >= 0.3 is 0 Å². The number of thiazole rings is 1. The summed E-state index contributed by atoms with van der Waals surface area (Å²) in [5, 5.41) is 2.52. The van der Waals surface area contributed by atoms with Crippen molar-refractivity contribution in [2.24, 2.45) is 5.73 Å². The summed E-state index contributed by atoms with van der Waals surface area (Å²) in [5.41, 5.74) is 7.01. The van der Waals surface area contributed by atoms with Gasteiger partial charge in [-0.15, -0.1) is 11.3 Å². The highest BCUT2D eigenvalue weighted by Crippen LogP contribution is 2.29. The van der Waals surface area contributed by atoms with E-state index < -0.39 is 0 Å². The number of halogens is 2. The monoisotopic (exact) mass is 300 g/mol. The number of hydrogen-bond acceptors (Lipinski definition) is 3. The van der Waals surface area contributed by atoms with Crippen LogP contribution >= 0.6 is 27.3 Å². The van der Waals surface area contributed by atoms with E-state index >= 15 is 0 Å². The van der Waals surface area contributed by atoms with E-state index in [4.69, 9.17) is 5.73 Å². The molecule has 0 aliphatic carbocycles. The van der Waals surface area contributed by atoms with Crippen molar-refractivity contribution in [2.75, 3.05) is 0 Å². The van der Waals surface area contributed by atoms with Gasteiger partial charge in [0.05, 0.1) is 5.69 Å². The largest absolute Gasteiger partial charge is 0.323 e. The van der Waals surface area contributed by atoms with Gasteiger partial charge in [0.2, 0.25) is 0 Å². The van der Waals surface area contributed by atoms with Crippen LogP contribution < -0.4 is 5.73 Å². The Bertz CT molecular complexity index is 510. The summed E-state index contributed by atoms with van der Waals surface area (Å²) >= 11 is 4.72. The van der Waals surface area contributed by atoms with Gasteiger partial charge in [0.1, 0.15) is 10.8 Å². The van der Waals surface area contributed by atoms with E-state index in [0.29, 0.717) is 10.6 Å². The predicted octanol–water partition coefficient (Wildman–Crippen LogP) is 3.73. The SMILES string of the molecule is CC(N)c1csc(-c2cc(Br)ccc2F)n1. The van der Waals surface area contributed by atoms with Crippen molar-refractivity contribution in [2.45, 2.75) is 13.0 Å². The van der Waals surface area contributed by atoms with Crippen LogP contribution in [-0.4, -0.2) is 4.98 Å². The van der Waals surface area contributed by atoms with Gasteiger partial charge in [-0.05, 0) is 25.1 Å². The number of rotatable bonds is 2. The zero-order chi connectivity index (χ0) is 11.7. The van der Waals surface area contributed by atoms with E-state index in [1.54, 1.807) is 12.1 Å². The average Bonchev–Trinajstić information content (AvgIpc) is 2.70. The molecule has 0 saturated carbocycles. The summed E-state index contributed by atoms with van der Waals surface area (Å²) in [6.45, 7) is 1.86. The fourth-order valence-corrected chi connectivity index (χ4v) is 2.58. The Morgan fingerprint density at radius 2 is 2.25 bits per heavy atom. The van der Waals surface area contributed by atoms with Crippen LogP contribution in [0.4, 0.5) is 4.39 Å². The highest BCUT2D eigenvalue weighted by Gasteiger charge is 2.11. The second-order valence-electron chi connectivity index (χ2n) is 3.49. The molecule has 16 heavy (non-hydrogen) atoms. The van der Waals surface area contributed by atoms with Crippen LogP contribution in [0.1, 0.15) is 18.7 Å². The van der Waals surface area contributed by atoms with Crippen molar-refractivity contribution in [3.05, 3.63) is 39.6 Å². The molecule has 0 spiro atoms. The fraction of sp³-hybridized carbons (Fsp3) is 0.182. The van der Waals surface area contributed by atoms with E-state index in [-0.39, 0.29) is 11.9 Å².